The lowest BCUT2D eigenvalue weighted by molar-refractivity contribution is 0.103. The Morgan fingerprint density at radius 3 is 2.48 bits per heavy atom. The summed E-state index contributed by atoms with van der Waals surface area (Å²) in [6.45, 7) is 1.79. The van der Waals surface area contributed by atoms with Gasteiger partial charge >= 0.3 is 0 Å². The molecule has 1 aromatic heterocycles. The Balaban J connectivity index is 1.89. The van der Waals surface area contributed by atoms with Gasteiger partial charge in [0, 0.05) is 22.7 Å². The molecule has 0 saturated carbocycles. The fourth-order valence-corrected chi connectivity index (χ4v) is 3.83. The summed E-state index contributed by atoms with van der Waals surface area (Å²) < 4.78 is 10.5. The maximum Gasteiger partial charge on any atom is 0.267 e. The number of amides is 1. The van der Waals surface area contributed by atoms with E-state index in [9.17, 15) is 4.79 Å². The second kappa shape index (κ2) is 8.17. The number of nitrogens with zero attached hydrogens (tertiary/aromatic N) is 1. The first-order valence-corrected chi connectivity index (χ1v) is 9.46. The van der Waals surface area contributed by atoms with Gasteiger partial charge in [-0.2, -0.15) is 0 Å². The van der Waals surface area contributed by atoms with Crippen molar-refractivity contribution < 1.29 is 14.3 Å². The van der Waals surface area contributed by atoms with E-state index in [-0.39, 0.29) is 5.91 Å². The normalized spacial score (nSPS) is 10.6. The SMILES string of the molecule is COc1cc(Cl)c(NC(=O)c2sc(-c3cccc(Cl)c3)nc2C)cc1OC. The molecule has 3 aromatic rings. The predicted molar refractivity (Wildman–Crippen MR) is 110 cm³/mol. The summed E-state index contributed by atoms with van der Waals surface area (Å²) in [5, 5.41) is 4.49. The van der Waals surface area contributed by atoms with E-state index in [1.165, 1.54) is 25.6 Å². The third-order valence-electron chi connectivity index (χ3n) is 3.80. The van der Waals surface area contributed by atoms with Crippen molar-refractivity contribution >= 4 is 46.1 Å². The fraction of sp³-hybridized carbons (Fsp3) is 0.158. The lowest BCUT2D eigenvalue weighted by Crippen LogP contribution is -2.12. The van der Waals surface area contributed by atoms with Gasteiger partial charge in [-0.1, -0.05) is 35.3 Å². The largest absolute Gasteiger partial charge is 0.493 e. The molecule has 0 saturated heterocycles. The van der Waals surface area contributed by atoms with Crippen LogP contribution in [0.2, 0.25) is 10.0 Å². The molecule has 3 rings (SSSR count). The molecule has 0 aliphatic rings. The molecular weight excluding hydrogens is 407 g/mol. The maximum atomic E-state index is 12.8. The Kier molecular flexibility index (Phi) is 5.89. The molecule has 1 amide bonds. The molecule has 1 heterocycles. The summed E-state index contributed by atoms with van der Waals surface area (Å²) in [7, 11) is 3.03. The van der Waals surface area contributed by atoms with Gasteiger partial charge in [0.15, 0.2) is 11.5 Å². The molecule has 8 heteroatoms. The highest BCUT2D eigenvalue weighted by Crippen LogP contribution is 2.37. The van der Waals surface area contributed by atoms with E-state index in [1.54, 1.807) is 25.1 Å². The highest BCUT2D eigenvalue weighted by molar-refractivity contribution is 7.17. The number of anilines is 1. The van der Waals surface area contributed by atoms with Crippen molar-refractivity contribution in [3.8, 4) is 22.1 Å². The smallest absolute Gasteiger partial charge is 0.267 e. The van der Waals surface area contributed by atoms with Gasteiger partial charge in [0.05, 0.1) is 30.6 Å². The van der Waals surface area contributed by atoms with Gasteiger partial charge in [0.25, 0.3) is 5.91 Å². The van der Waals surface area contributed by atoms with E-state index < -0.39 is 0 Å². The first-order chi connectivity index (χ1) is 12.9. The van der Waals surface area contributed by atoms with Crippen LogP contribution in [0.3, 0.4) is 0 Å². The molecule has 5 nitrogen and oxygen atoms in total. The summed E-state index contributed by atoms with van der Waals surface area (Å²) in [6.07, 6.45) is 0. The molecule has 0 spiro atoms. The number of benzene rings is 2. The average Bonchev–Trinajstić information content (AvgIpc) is 3.05. The maximum absolute atomic E-state index is 12.8. The van der Waals surface area contributed by atoms with Crippen molar-refractivity contribution in [2.24, 2.45) is 0 Å². The number of nitrogens with one attached hydrogen (secondary N) is 1. The number of aryl methyl sites for hydroxylation is 1. The Bertz CT molecular complexity index is 1000. The van der Waals surface area contributed by atoms with E-state index in [0.29, 0.717) is 37.8 Å². The number of rotatable bonds is 5. The molecule has 0 unspecified atom stereocenters. The molecular formula is C19H16Cl2N2O3S. The Labute approximate surface area is 170 Å². The van der Waals surface area contributed by atoms with Crippen LogP contribution in [0, 0.1) is 6.92 Å². The van der Waals surface area contributed by atoms with Crippen molar-refractivity contribution in [1.82, 2.24) is 4.98 Å². The lowest BCUT2D eigenvalue weighted by Gasteiger charge is -2.12. The van der Waals surface area contributed by atoms with Gasteiger partial charge in [0.1, 0.15) is 9.88 Å². The standard InChI is InChI=1S/C19H16Cl2N2O3S/c1-10-17(27-19(22-10)11-5-4-6-12(20)7-11)18(24)23-14-9-16(26-3)15(25-2)8-13(14)21/h4-9H,1-3H3,(H,23,24). The van der Waals surface area contributed by atoms with E-state index in [4.69, 9.17) is 32.7 Å². The minimum absolute atomic E-state index is 0.299. The third-order valence-corrected chi connectivity index (χ3v) is 5.55. The molecule has 0 aliphatic heterocycles. The van der Waals surface area contributed by atoms with Crippen molar-refractivity contribution in [2.45, 2.75) is 6.92 Å². The number of carbonyl (C=O) groups excluding carboxylic acids is 1. The van der Waals surface area contributed by atoms with Crippen LogP contribution in [0.5, 0.6) is 11.5 Å². The first-order valence-electron chi connectivity index (χ1n) is 7.89. The van der Waals surface area contributed by atoms with E-state index in [1.807, 2.05) is 18.2 Å². The number of hydrogen-bond acceptors (Lipinski definition) is 5. The van der Waals surface area contributed by atoms with Crippen molar-refractivity contribution in [3.05, 3.63) is 57.0 Å². The monoisotopic (exact) mass is 422 g/mol. The van der Waals surface area contributed by atoms with E-state index in [0.717, 1.165) is 10.6 Å². The van der Waals surface area contributed by atoms with Crippen LogP contribution < -0.4 is 14.8 Å². The van der Waals surface area contributed by atoms with Gasteiger partial charge < -0.3 is 14.8 Å². The summed E-state index contributed by atoms with van der Waals surface area (Å²) in [5.41, 5.74) is 1.92. The van der Waals surface area contributed by atoms with Crippen LogP contribution in [0.1, 0.15) is 15.4 Å². The van der Waals surface area contributed by atoms with Gasteiger partial charge in [-0.05, 0) is 19.1 Å². The van der Waals surface area contributed by atoms with Gasteiger partial charge in [0.2, 0.25) is 0 Å². The number of hydrogen-bond donors (Lipinski definition) is 1. The molecule has 27 heavy (non-hydrogen) atoms. The zero-order valence-electron chi connectivity index (χ0n) is 14.8. The number of halogens is 2. The van der Waals surface area contributed by atoms with Gasteiger partial charge in [-0.25, -0.2) is 4.98 Å². The van der Waals surface area contributed by atoms with Crippen LogP contribution in [0.15, 0.2) is 36.4 Å². The molecule has 140 valence electrons. The summed E-state index contributed by atoms with van der Waals surface area (Å²) in [6, 6.07) is 10.6. The van der Waals surface area contributed by atoms with Crippen molar-refractivity contribution in [2.75, 3.05) is 19.5 Å². The molecule has 0 radical (unpaired) electrons. The summed E-state index contributed by atoms with van der Waals surface area (Å²) >= 11 is 13.6. The average molecular weight is 423 g/mol. The summed E-state index contributed by atoms with van der Waals surface area (Å²) in [5.74, 6) is 0.656. The van der Waals surface area contributed by atoms with Crippen LogP contribution in [-0.4, -0.2) is 25.1 Å². The second-order valence-electron chi connectivity index (χ2n) is 5.59. The predicted octanol–water partition coefficient (Wildman–Crippen LogP) is 5.69. The fourth-order valence-electron chi connectivity index (χ4n) is 2.48. The first kappa shape index (κ1) is 19.5. The van der Waals surface area contributed by atoms with Crippen LogP contribution >= 0.6 is 34.5 Å². The molecule has 1 N–H and O–H groups in total. The van der Waals surface area contributed by atoms with Crippen molar-refractivity contribution in [1.29, 1.82) is 0 Å². The minimum atomic E-state index is -0.299. The zero-order chi connectivity index (χ0) is 19.6. The molecule has 0 aliphatic carbocycles. The van der Waals surface area contributed by atoms with Gasteiger partial charge in [-0.3, -0.25) is 4.79 Å². The number of aromatic nitrogens is 1. The minimum Gasteiger partial charge on any atom is -0.493 e. The quantitative estimate of drug-likeness (QED) is 0.572. The zero-order valence-corrected chi connectivity index (χ0v) is 17.1. The number of thiazole rings is 1. The van der Waals surface area contributed by atoms with Crippen LogP contribution in [-0.2, 0) is 0 Å². The number of ether oxygens (including phenoxy) is 2. The number of carbonyl (C=O) groups is 1. The van der Waals surface area contributed by atoms with E-state index >= 15 is 0 Å². The third kappa shape index (κ3) is 4.18. The Hall–Kier alpha value is -2.28. The van der Waals surface area contributed by atoms with Crippen molar-refractivity contribution in [3.63, 3.8) is 0 Å². The summed E-state index contributed by atoms with van der Waals surface area (Å²) in [4.78, 5) is 17.7. The highest BCUT2D eigenvalue weighted by atomic mass is 35.5. The molecule has 0 bridgehead atoms. The van der Waals surface area contributed by atoms with E-state index in [2.05, 4.69) is 10.3 Å². The topological polar surface area (TPSA) is 60.5 Å². The van der Waals surface area contributed by atoms with Crippen LogP contribution in [0.4, 0.5) is 5.69 Å². The molecule has 0 atom stereocenters. The highest BCUT2D eigenvalue weighted by Gasteiger charge is 2.19. The Morgan fingerprint density at radius 1 is 1.11 bits per heavy atom. The lowest BCUT2D eigenvalue weighted by atomic mass is 10.2. The Morgan fingerprint density at radius 2 is 1.81 bits per heavy atom. The molecule has 2 aromatic carbocycles. The van der Waals surface area contributed by atoms with Gasteiger partial charge in [-0.15, -0.1) is 11.3 Å². The van der Waals surface area contributed by atoms with Crippen LogP contribution in [0.25, 0.3) is 10.6 Å². The number of methoxy groups -OCH3 is 2. The molecule has 0 fully saturated rings. The second-order valence-corrected chi connectivity index (χ2v) is 7.43.